The van der Waals surface area contributed by atoms with E-state index in [1.165, 1.54) is 5.56 Å². The average molecular weight is 184 g/mol. The molecule has 2 N–H and O–H groups in total. The molecule has 1 aromatic rings. The monoisotopic (exact) mass is 184 g/mol. The fraction of sp³-hybridized carbons (Fsp3) is 0.455. The van der Waals surface area contributed by atoms with Crippen LogP contribution in [0.3, 0.4) is 0 Å². The number of benzene rings is 1. The average Bonchev–Trinajstić information content (AvgIpc) is 2.08. The van der Waals surface area contributed by atoms with Crippen LogP contribution in [-0.2, 0) is 6.42 Å². The Balaban J connectivity index is 0. The van der Waals surface area contributed by atoms with Gasteiger partial charge in [0.05, 0.1) is 0 Å². The molecule has 0 saturated heterocycles. The van der Waals surface area contributed by atoms with E-state index in [9.17, 15) is 0 Å². The lowest BCUT2D eigenvalue weighted by Crippen LogP contribution is -1.88. The maximum absolute atomic E-state index is 8.52. The van der Waals surface area contributed by atoms with Crippen LogP contribution in [0.2, 0.25) is 0 Å². The van der Waals surface area contributed by atoms with Gasteiger partial charge in [-0.1, -0.05) is 37.8 Å². The third kappa shape index (κ3) is 9.05. The van der Waals surface area contributed by atoms with Crippen LogP contribution < -0.4 is 0 Å². The van der Waals surface area contributed by atoms with Crippen LogP contribution in [0.4, 0.5) is 0 Å². The van der Waals surface area contributed by atoms with Gasteiger partial charge in [0.25, 0.3) is 0 Å². The zero-order chi connectivity index (χ0) is 9.23. The second-order valence-electron chi connectivity index (χ2n) is 2.28. The summed E-state index contributed by atoms with van der Waals surface area (Å²) >= 11 is 0. The van der Waals surface area contributed by atoms with E-state index in [1.807, 2.05) is 30.3 Å². The standard InChI is InChI=1S/C8H10O.C2H6O.CH4/c9-7-6-8-4-2-1-3-5-8;1-2-3;/h1-5,9H,6-7H2;3H,2H2,1H3;1H4. The summed E-state index contributed by atoms with van der Waals surface area (Å²) in [6, 6.07) is 9.95. The van der Waals surface area contributed by atoms with Gasteiger partial charge in [-0.05, 0) is 18.9 Å². The third-order valence-electron chi connectivity index (χ3n) is 1.24. The fourth-order valence-corrected chi connectivity index (χ4v) is 0.774. The summed E-state index contributed by atoms with van der Waals surface area (Å²) in [6.45, 7) is 2.17. The molecule has 0 aliphatic rings. The van der Waals surface area contributed by atoms with Gasteiger partial charge in [-0.15, -0.1) is 0 Å². The predicted molar refractivity (Wildman–Crippen MR) is 56.7 cm³/mol. The first kappa shape index (κ1) is 14.7. The van der Waals surface area contributed by atoms with Gasteiger partial charge >= 0.3 is 0 Å². The highest BCUT2D eigenvalue weighted by Crippen LogP contribution is 1.97. The minimum atomic E-state index is 0. The van der Waals surface area contributed by atoms with Gasteiger partial charge in [0.15, 0.2) is 0 Å². The first-order valence-electron chi connectivity index (χ1n) is 4.10. The highest BCUT2D eigenvalue weighted by atomic mass is 16.3. The maximum Gasteiger partial charge on any atom is 0.0471 e. The highest BCUT2D eigenvalue weighted by molar-refractivity contribution is 5.14. The molecule has 1 aromatic carbocycles. The molecule has 0 aliphatic heterocycles. The normalized spacial score (nSPS) is 7.92. The largest absolute Gasteiger partial charge is 0.397 e. The van der Waals surface area contributed by atoms with Crippen molar-refractivity contribution in [3.8, 4) is 0 Å². The molecule has 2 nitrogen and oxygen atoms in total. The second-order valence-corrected chi connectivity index (χ2v) is 2.28. The number of aliphatic hydroxyl groups is 2. The van der Waals surface area contributed by atoms with Crippen molar-refractivity contribution in [2.45, 2.75) is 20.8 Å². The molecule has 0 aromatic heterocycles. The first-order valence-corrected chi connectivity index (χ1v) is 4.10. The molecule has 13 heavy (non-hydrogen) atoms. The summed E-state index contributed by atoms with van der Waals surface area (Å²) in [6.07, 6.45) is 0.765. The minimum Gasteiger partial charge on any atom is -0.397 e. The van der Waals surface area contributed by atoms with Crippen LogP contribution in [0, 0.1) is 0 Å². The van der Waals surface area contributed by atoms with Gasteiger partial charge in [-0.2, -0.15) is 0 Å². The SMILES string of the molecule is C.CCO.OCCc1ccccc1. The molecular formula is C11H20O2. The van der Waals surface area contributed by atoms with Gasteiger partial charge in [0, 0.05) is 13.2 Å². The molecule has 1 rings (SSSR count). The van der Waals surface area contributed by atoms with Crippen LogP contribution in [0.5, 0.6) is 0 Å². The second kappa shape index (κ2) is 11.1. The fourth-order valence-electron chi connectivity index (χ4n) is 0.774. The number of aliphatic hydroxyl groups excluding tert-OH is 2. The molecular weight excluding hydrogens is 164 g/mol. The summed E-state index contributed by atoms with van der Waals surface area (Å²) in [7, 11) is 0. The first-order chi connectivity index (χ1) is 5.85. The van der Waals surface area contributed by atoms with Crippen molar-refractivity contribution in [3.05, 3.63) is 35.9 Å². The van der Waals surface area contributed by atoms with Crippen molar-refractivity contribution >= 4 is 0 Å². The lowest BCUT2D eigenvalue weighted by molar-refractivity contribution is 0.299. The van der Waals surface area contributed by atoms with Crippen molar-refractivity contribution in [1.82, 2.24) is 0 Å². The third-order valence-corrected chi connectivity index (χ3v) is 1.24. The van der Waals surface area contributed by atoms with E-state index in [2.05, 4.69) is 0 Å². The molecule has 0 radical (unpaired) electrons. The van der Waals surface area contributed by atoms with Crippen molar-refractivity contribution in [2.75, 3.05) is 13.2 Å². The van der Waals surface area contributed by atoms with E-state index >= 15 is 0 Å². The summed E-state index contributed by atoms with van der Waals surface area (Å²) < 4.78 is 0. The lowest BCUT2D eigenvalue weighted by atomic mass is 10.2. The molecule has 2 heteroatoms. The van der Waals surface area contributed by atoms with E-state index in [1.54, 1.807) is 6.92 Å². The van der Waals surface area contributed by atoms with Crippen molar-refractivity contribution in [3.63, 3.8) is 0 Å². The van der Waals surface area contributed by atoms with Crippen LogP contribution >= 0.6 is 0 Å². The molecule has 0 saturated carbocycles. The molecule has 0 unspecified atom stereocenters. The van der Waals surface area contributed by atoms with E-state index in [0.717, 1.165) is 6.42 Å². The Labute approximate surface area is 80.9 Å². The van der Waals surface area contributed by atoms with Crippen LogP contribution in [0.15, 0.2) is 30.3 Å². The zero-order valence-corrected chi connectivity index (χ0v) is 7.40. The van der Waals surface area contributed by atoms with Crippen LogP contribution in [0.25, 0.3) is 0 Å². The molecule has 0 fully saturated rings. The maximum atomic E-state index is 8.52. The molecule has 0 spiro atoms. The van der Waals surface area contributed by atoms with Crippen molar-refractivity contribution in [2.24, 2.45) is 0 Å². The van der Waals surface area contributed by atoms with E-state index < -0.39 is 0 Å². The van der Waals surface area contributed by atoms with Crippen LogP contribution in [-0.4, -0.2) is 23.4 Å². The summed E-state index contributed by atoms with van der Waals surface area (Å²) in [5.41, 5.74) is 1.19. The van der Waals surface area contributed by atoms with E-state index in [0.29, 0.717) is 0 Å². The summed E-state index contributed by atoms with van der Waals surface area (Å²) in [5, 5.41) is 16.1. The van der Waals surface area contributed by atoms with Gasteiger partial charge in [0.2, 0.25) is 0 Å². The van der Waals surface area contributed by atoms with Gasteiger partial charge in [-0.25, -0.2) is 0 Å². The molecule has 0 aliphatic carbocycles. The Kier molecular flexibility index (Phi) is 12.6. The Hall–Kier alpha value is -0.860. The van der Waals surface area contributed by atoms with E-state index in [-0.39, 0.29) is 20.6 Å². The zero-order valence-electron chi connectivity index (χ0n) is 7.40. The highest BCUT2D eigenvalue weighted by Gasteiger charge is 1.85. The number of hydrogen-bond donors (Lipinski definition) is 2. The molecule has 0 atom stereocenters. The minimum absolute atomic E-state index is 0. The Bertz CT molecular complexity index is 173. The number of hydrogen-bond acceptors (Lipinski definition) is 2. The topological polar surface area (TPSA) is 40.5 Å². The Morgan fingerprint density at radius 2 is 1.54 bits per heavy atom. The van der Waals surface area contributed by atoms with Gasteiger partial charge in [-0.3, -0.25) is 0 Å². The lowest BCUT2D eigenvalue weighted by Gasteiger charge is -1.93. The number of rotatable bonds is 2. The predicted octanol–water partition coefficient (Wildman–Crippen LogP) is 1.86. The smallest absolute Gasteiger partial charge is 0.0471 e. The molecule has 0 heterocycles. The van der Waals surface area contributed by atoms with Gasteiger partial charge in [0.1, 0.15) is 0 Å². The van der Waals surface area contributed by atoms with Crippen molar-refractivity contribution < 1.29 is 10.2 Å². The summed E-state index contributed by atoms with van der Waals surface area (Å²) in [4.78, 5) is 0. The van der Waals surface area contributed by atoms with Gasteiger partial charge < -0.3 is 10.2 Å². The van der Waals surface area contributed by atoms with E-state index in [4.69, 9.17) is 10.2 Å². The summed E-state index contributed by atoms with van der Waals surface area (Å²) in [5.74, 6) is 0. The Morgan fingerprint density at radius 1 is 1.08 bits per heavy atom. The molecule has 0 amide bonds. The quantitative estimate of drug-likeness (QED) is 0.736. The molecule has 76 valence electrons. The van der Waals surface area contributed by atoms with Crippen molar-refractivity contribution in [1.29, 1.82) is 0 Å². The Morgan fingerprint density at radius 3 is 1.92 bits per heavy atom. The molecule has 0 bridgehead atoms. The van der Waals surface area contributed by atoms with Crippen LogP contribution in [0.1, 0.15) is 19.9 Å².